The van der Waals surface area contributed by atoms with E-state index in [1.54, 1.807) is 19.1 Å². The van der Waals surface area contributed by atoms with Crippen molar-refractivity contribution >= 4 is 45.8 Å². The van der Waals surface area contributed by atoms with Gasteiger partial charge in [-0.1, -0.05) is 23.2 Å². The van der Waals surface area contributed by atoms with E-state index in [1.165, 1.54) is 6.20 Å². The predicted molar refractivity (Wildman–Crippen MR) is 83.3 cm³/mol. The zero-order chi connectivity index (χ0) is 15.4. The van der Waals surface area contributed by atoms with Crippen LogP contribution in [0.25, 0.3) is 10.9 Å². The highest BCUT2D eigenvalue weighted by atomic mass is 35.5. The fraction of sp³-hybridized carbons (Fsp3) is 0.286. The highest BCUT2D eigenvalue weighted by Gasteiger charge is 2.18. The number of hydrogen-bond acceptors (Lipinski definition) is 5. The first-order valence-corrected chi connectivity index (χ1v) is 7.14. The molecule has 5 nitrogen and oxygen atoms in total. The van der Waals surface area contributed by atoms with Crippen molar-refractivity contribution in [1.82, 2.24) is 4.98 Å². The number of carbonyl (C=O) groups excluding carboxylic acids is 1. The van der Waals surface area contributed by atoms with E-state index in [2.05, 4.69) is 10.3 Å². The van der Waals surface area contributed by atoms with Crippen molar-refractivity contribution in [2.75, 3.05) is 25.1 Å². The van der Waals surface area contributed by atoms with Crippen molar-refractivity contribution in [2.45, 2.75) is 6.92 Å². The Balaban J connectivity index is 2.64. The lowest BCUT2D eigenvalue weighted by Crippen LogP contribution is -2.13. The molecule has 21 heavy (non-hydrogen) atoms. The summed E-state index contributed by atoms with van der Waals surface area (Å²) in [4.78, 5) is 16.2. The number of pyridine rings is 1. The van der Waals surface area contributed by atoms with E-state index in [9.17, 15) is 4.79 Å². The first kappa shape index (κ1) is 15.8. The Morgan fingerprint density at radius 3 is 2.86 bits per heavy atom. The smallest absolute Gasteiger partial charge is 0.341 e. The molecule has 0 bridgehead atoms. The second-order valence-electron chi connectivity index (χ2n) is 4.18. The van der Waals surface area contributed by atoms with Gasteiger partial charge in [0.05, 0.1) is 34.5 Å². The van der Waals surface area contributed by atoms with Crippen LogP contribution in [0.3, 0.4) is 0 Å². The zero-order valence-electron chi connectivity index (χ0n) is 11.3. The minimum atomic E-state index is -0.488. The third-order valence-corrected chi connectivity index (χ3v) is 3.63. The van der Waals surface area contributed by atoms with Gasteiger partial charge in [0.25, 0.3) is 0 Å². The van der Waals surface area contributed by atoms with Crippen LogP contribution in [0.2, 0.25) is 10.0 Å². The lowest BCUT2D eigenvalue weighted by atomic mass is 10.1. The van der Waals surface area contributed by atoms with E-state index in [0.717, 1.165) is 0 Å². The molecule has 0 aliphatic rings. The molecule has 112 valence electrons. The summed E-state index contributed by atoms with van der Waals surface area (Å²) < 4.78 is 5.01. The number of hydrogen-bond donors (Lipinski definition) is 2. The molecular formula is C14H14Cl2N2O3. The fourth-order valence-electron chi connectivity index (χ4n) is 1.94. The fourth-order valence-corrected chi connectivity index (χ4v) is 2.31. The van der Waals surface area contributed by atoms with Crippen molar-refractivity contribution in [3.8, 4) is 0 Å². The number of nitrogens with one attached hydrogen (secondary N) is 1. The Labute approximate surface area is 131 Å². The monoisotopic (exact) mass is 328 g/mol. The lowest BCUT2D eigenvalue weighted by Gasteiger charge is -2.14. The normalized spacial score (nSPS) is 10.7. The third kappa shape index (κ3) is 3.20. The zero-order valence-corrected chi connectivity index (χ0v) is 12.8. The summed E-state index contributed by atoms with van der Waals surface area (Å²) in [7, 11) is 0. The molecule has 0 aliphatic carbocycles. The van der Waals surface area contributed by atoms with Crippen LogP contribution < -0.4 is 5.32 Å². The van der Waals surface area contributed by atoms with Gasteiger partial charge in [-0.05, 0) is 19.1 Å². The molecule has 0 aliphatic heterocycles. The molecule has 1 heterocycles. The highest BCUT2D eigenvalue weighted by Crippen LogP contribution is 2.34. The molecule has 0 radical (unpaired) electrons. The third-order valence-electron chi connectivity index (χ3n) is 2.84. The molecule has 0 saturated heterocycles. The van der Waals surface area contributed by atoms with Crippen LogP contribution in [0.1, 0.15) is 17.3 Å². The van der Waals surface area contributed by atoms with Crippen molar-refractivity contribution in [3.63, 3.8) is 0 Å². The molecule has 0 atom stereocenters. The summed E-state index contributed by atoms with van der Waals surface area (Å²) in [6.07, 6.45) is 1.39. The summed E-state index contributed by atoms with van der Waals surface area (Å²) >= 11 is 12.1. The van der Waals surface area contributed by atoms with Gasteiger partial charge in [0.15, 0.2) is 0 Å². The van der Waals surface area contributed by atoms with E-state index in [-0.39, 0.29) is 25.3 Å². The number of nitrogens with zero attached hydrogens (tertiary/aromatic N) is 1. The number of aliphatic hydroxyl groups excluding tert-OH is 1. The number of fused-ring (bicyclic) bond motifs is 1. The van der Waals surface area contributed by atoms with Gasteiger partial charge in [0.2, 0.25) is 0 Å². The lowest BCUT2D eigenvalue weighted by molar-refractivity contribution is 0.0527. The van der Waals surface area contributed by atoms with Crippen molar-refractivity contribution < 1.29 is 14.6 Å². The summed E-state index contributed by atoms with van der Waals surface area (Å²) in [5.74, 6) is -0.488. The number of rotatable bonds is 5. The number of carbonyl (C=O) groups is 1. The van der Waals surface area contributed by atoms with Gasteiger partial charge in [0, 0.05) is 18.1 Å². The van der Waals surface area contributed by atoms with Crippen LogP contribution in [0.4, 0.5) is 5.69 Å². The van der Waals surface area contributed by atoms with Gasteiger partial charge >= 0.3 is 5.97 Å². The largest absolute Gasteiger partial charge is 0.462 e. The SMILES string of the molecule is CCOC(=O)c1cnc2c(Cl)c(Cl)ccc2c1NCCO. The number of aliphatic hydroxyl groups is 1. The van der Waals surface area contributed by atoms with Crippen LogP contribution in [0.5, 0.6) is 0 Å². The van der Waals surface area contributed by atoms with Crippen LogP contribution in [-0.4, -0.2) is 35.8 Å². The summed E-state index contributed by atoms with van der Waals surface area (Å²) in [6.45, 7) is 2.20. The summed E-state index contributed by atoms with van der Waals surface area (Å²) in [5.41, 5.74) is 1.29. The standard InChI is InChI=1S/C14H14Cl2N2O3/c1-2-21-14(20)9-7-18-13-8(12(9)17-5-6-19)3-4-10(15)11(13)16/h3-4,7,19H,2,5-6H2,1H3,(H,17,18). The van der Waals surface area contributed by atoms with E-state index in [0.29, 0.717) is 26.6 Å². The Morgan fingerprint density at radius 1 is 1.43 bits per heavy atom. The minimum absolute atomic E-state index is 0.0760. The van der Waals surface area contributed by atoms with Gasteiger partial charge < -0.3 is 15.2 Å². The van der Waals surface area contributed by atoms with Crippen molar-refractivity contribution in [3.05, 3.63) is 33.9 Å². The second-order valence-corrected chi connectivity index (χ2v) is 4.96. The number of esters is 1. The molecule has 0 unspecified atom stereocenters. The minimum Gasteiger partial charge on any atom is -0.462 e. The molecule has 0 amide bonds. The topological polar surface area (TPSA) is 71.5 Å². The van der Waals surface area contributed by atoms with Gasteiger partial charge in [-0.25, -0.2) is 4.79 Å². The Morgan fingerprint density at radius 2 is 2.19 bits per heavy atom. The van der Waals surface area contributed by atoms with E-state index in [1.807, 2.05) is 0 Å². The molecule has 2 aromatic rings. The highest BCUT2D eigenvalue weighted by molar-refractivity contribution is 6.45. The maximum atomic E-state index is 12.0. The molecule has 0 fully saturated rings. The first-order chi connectivity index (χ1) is 10.1. The van der Waals surface area contributed by atoms with E-state index in [4.69, 9.17) is 33.0 Å². The molecule has 7 heteroatoms. The van der Waals surface area contributed by atoms with Crippen LogP contribution >= 0.6 is 23.2 Å². The van der Waals surface area contributed by atoms with E-state index < -0.39 is 5.97 Å². The number of halogens is 2. The predicted octanol–water partition coefficient (Wildman–Crippen LogP) is 3.12. The number of ether oxygens (including phenoxy) is 1. The average molecular weight is 329 g/mol. The second kappa shape index (κ2) is 6.93. The van der Waals surface area contributed by atoms with Gasteiger partial charge in [0.1, 0.15) is 5.56 Å². The molecule has 0 spiro atoms. The molecule has 0 saturated carbocycles. The van der Waals surface area contributed by atoms with Gasteiger partial charge in [-0.2, -0.15) is 0 Å². The van der Waals surface area contributed by atoms with Gasteiger partial charge in [-0.3, -0.25) is 4.98 Å². The van der Waals surface area contributed by atoms with Crippen molar-refractivity contribution in [2.24, 2.45) is 0 Å². The maximum absolute atomic E-state index is 12.0. The van der Waals surface area contributed by atoms with Crippen LogP contribution in [-0.2, 0) is 4.74 Å². The number of aromatic nitrogens is 1. The molecular weight excluding hydrogens is 315 g/mol. The quantitative estimate of drug-likeness (QED) is 0.825. The average Bonchev–Trinajstić information content (AvgIpc) is 2.48. The molecule has 1 aromatic carbocycles. The first-order valence-electron chi connectivity index (χ1n) is 6.38. The number of benzene rings is 1. The van der Waals surface area contributed by atoms with Crippen LogP contribution in [0.15, 0.2) is 18.3 Å². The molecule has 2 rings (SSSR count). The Hall–Kier alpha value is -1.56. The Bertz CT molecular complexity index is 677. The van der Waals surface area contributed by atoms with Crippen molar-refractivity contribution in [1.29, 1.82) is 0 Å². The van der Waals surface area contributed by atoms with Gasteiger partial charge in [-0.15, -0.1) is 0 Å². The molecule has 1 aromatic heterocycles. The maximum Gasteiger partial charge on any atom is 0.341 e. The van der Waals surface area contributed by atoms with Crippen LogP contribution in [0, 0.1) is 0 Å². The number of anilines is 1. The summed E-state index contributed by atoms with van der Waals surface area (Å²) in [6, 6.07) is 3.35. The Kier molecular flexibility index (Phi) is 5.22. The van der Waals surface area contributed by atoms with E-state index >= 15 is 0 Å². The molecule has 2 N–H and O–H groups in total. The summed E-state index contributed by atoms with van der Waals surface area (Å²) in [5, 5.41) is 13.3.